The second-order valence-corrected chi connectivity index (χ2v) is 9.51. The van der Waals surface area contributed by atoms with Crippen molar-refractivity contribution in [3.63, 3.8) is 0 Å². The second kappa shape index (κ2) is 9.48. The molecule has 0 amide bonds. The van der Waals surface area contributed by atoms with Crippen LogP contribution in [0.2, 0.25) is 5.02 Å². The number of halogens is 1. The van der Waals surface area contributed by atoms with Gasteiger partial charge in [0.2, 0.25) is 5.95 Å². The van der Waals surface area contributed by atoms with Crippen LogP contribution in [0.4, 0.5) is 28.8 Å². The van der Waals surface area contributed by atoms with E-state index >= 15 is 0 Å². The molecule has 0 aliphatic carbocycles. The van der Waals surface area contributed by atoms with Gasteiger partial charge in [-0.05, 0) is 62.4 Å². The first-order valence-corrected chi connectivity index (χ1v) is 12.0. The summed E-state index contributed by atoms with van der Waals surface area (Å²) in [4.78, 5) is 8.97. The minimum absolute atomic E-state index is 0.0237. The number of nitrogens with one attached hydrogen (secondary N) is 3. The van der Waals surface area contributed by atoms with Gasteiger partial charge in [-0.3, -0.25) is 4.72 Å². The number of sulfonamides is 1. The third-order valence-corrected chi connectivity index (χ3v) is 6.58. The standard InChI is InChI=1S/C24H22ClN5O2S/c1-16-7-9-18(10-8-16)27-23-15-17(2)26-24(29-23)28-19-11-13-20(14-12-19)30-33(31,32)22-6-4-3-5-21(22)25/h3-15,30H,1-2H3,(H2,26,27,28,29). The molecule has 1 heterocycles. The quantitative estimate of drug-likeness (QED) is 0.299. The molecule has 3 N–H and O–H groups in total. The van der Waals surface area contributed by atoms with Crippen LogP contribution >= 0.6 is 11.6 Å². The molecule has 4 aromatic rings. The summed E-state index contributed by atoms with van der Waals surface area (Å²) in [6, 6.07) is 23.0. The summed E-state index contributed by atoms with van der Waals surface area (Å²) in [7, 11) is -3.79. The minimum Gasteiger partial charge on any atom is -0.340 e. The topological polar surface area (TPSA) is 96.0 Å². The van der Waals surface area contributed by atoms with Gasteiger partial charge in [0.1, 0.15) is 10.7 Å². The zero-order chi connectivity index (χ0) is 23.4. The van der Waals surface area contributed by atoms with E-state index in [9.17, 15) is 8.42 Å². The molecule has 33 heavy (non-hydrogen) atoms. The van der Waals surface area contributed by atoms with Crippen LogP contribution in [0.3, 0.4) is 0 Å². The van der Waals surface area contributed by atoms with Crippen molar-refractivity contribution in [3.8, 4) is 0 Å². The molecule has 4 rings (SSSR count). The molecule has 0 bridgehead atoms. The Morgan fingerprint density at radius 1 is 0.758 bits per heavy atom. The van der Waals surface area contributed by atoms with E-state index in [0.29, 0.717) is 23.1 Å². The Kier molecular flexibility index (Phi) is 6.48. The van der Waals surface area contributed by atoms with Crippen LogP contribution in [-0.4, -0.2) is 18.4 Å². The van der Waals surface area contributed by atoms with Gasteiger partial charge in [-0.15, -0.1) is 0 Å². The van der Waals surface area contributed by atoms with Gasteiger partial charge in [-0.1, -0.05) is 41.4 Å². The number of nitrogens with zero attached hydrogens (tertiary/aromatic N) is 2. The average molecular weight is 480 g/mol. The number of benzene rings is 3. The maximum atomic E-state index is 12.6. The van der Waals surface area contributed by atoms with E-state index in [1.807, 2.05) is 44.2 Å². The smallest absolute Gasteiger partial charge is 0.263 e. The number of aromatic nitrogens is 2. The fourth-order valence-corrected chi connectivity index (χ4v) is 4.68. The Hall–Kier alpha value is -3.62. The predicted molar refractivity (Wildman–Crippen MR) is 133 cm³/mol. The zero-order valence-electron chi connectivity index (χ0n) is 18.0. The summed E-state index contributed by atoms with van der Waals surface area (Å²) in [5.74, 6) is 1.09. The number of aryl methyl sites for hydroxylation is 2. The van der Waals surface area contributed by atoms with E-state index in [1.54, 1.807) is 36.4 Å². The van der Waals surface area contributed by atoms with E-state index in [0.717, 1.165) is 11.4 Å². The van der Waals surface area contributed by atoms with Gasteiger partial charge in [0.25, 0.3) is 10.0 Å². The number of rotatable bonds is 7. The highest BCUT2D eigenvalue weighted by molar-refractivity contribution is 7.92. The molecule has 0 saturated heterocycles. The molecule has 0 aliphatic rings. The zero-order valence-corrected chi connectivity index (χ0v) is 19.6. The fourth-order valence-electron chi connectivity index (χ4n) is 3.10. The van der Waals surface area contributed by atoms with Crippen molar-refractivity contribution >= 4 is 50.5 Å². The Bertz CT molecular complexity index is 1380. The maximum Gasteiger partial charge on any atom is 0.263 e. The monoisotopic (exact) mass is 479 g/mol. The Morgan fingerprint density at radius 2 is 1.36 bits per heavy atom. The van der Waals surface area contributed by atoms with Crippen molar-refractivity contribution in [2.75, 3.05) is 15.4 Å². The highest BCUT2D eigenvalue weighted by Crippen LogP contribution is 2.25. The first-order valence-electron chi connectivity index (χ1n) is 10.1. The van der Waals surface area contributed by atoms with Crippen LogP contribution in [-0.2, 0) is 10.0 Å². The van der Waals surface area contributed by atoms with Crippen LogP contribution in [0, 0.1) is 13.8 Å². The van der Waals surface area contributed by atoms with Crippen molar-refractivity contribution in [1.29, 1.82) is 0 Å². The van der Waals surface area contributed by atoms with Crippen molar-refractivity contribution in [2.45, 2.75) is 18.7 Å². The molecule has 3 aromatic carbocycles. The van der Waals surface area contributed by atoms with Gasteiger partial charge < -0.3 is 10.6 Å². The molecule has 0 saturated carbocycles. The predicted octanol–water partition coefficient (Wildman–Crippen LogP) is 6.03. The molecule has 0 unspecified atom stereocenters. The van der Waals surface area contributed by atoms with E-state index in [1.165, 1.54) is 17.7 Å². The van der Waals surface area contributed by atoms with Gasteiger partial charge in [0, 0.05) is 28.8 Å². The third kappa shape index (κ3) is 5.79. The average Bonchev–Trinajstić information content (AvgIpc) is 2.76. The van der Waals surface area contributed by atoms with Crippen LogP contribution in [0.25, 0.3) is 0 Å². The highest BCUT2D eigenvalue weighted by Gasteiger charge is 2.17. The lowest BCUT2D eigenvalue weighted by Crippen LogP contribution is -2.13. The van der Waals surface area contributed by atoms with Gasteiger partial charge >= 0.3 is 0 Å². The van der Waals surface area contributed by atoms with Crippen LogP contribution in [0.1, 0.15) is 11.3 Å². The Morgan fingerprint density at radius 3 is 2.06 bits per heavy atom. The number of anilines is 5. The normalized spacial score (nSPS) is 11.1. The summed E-state index contributed by atoms with van der Waals surface area (Å²) in [6.07, 6.45) is 0. The summed E-state index contributed by atoms with van der Waals surface area (Å²) >= 11 is 6.03. The summed E-state index contributed by atoms with van der Waals surface area (Å²) in [5, 5.41) is 6.59. The minimum atomic E-state index is -3.79. The lowest BCUT2D eigenvalue weighted by molar-refractivity contribution is 0.601. The first kappa shape index (κ1) is 22.6. The molecule has 0 radical (unpaired) electrons. The van der Waals surface area contributed by atoms with Gasteiger partial charge in [-0.25, -0.2) is 13.4 Å². The van der Waals surface area contributed by atoms with E-state index in [4.69, 9.17) is 11.6 Å². The van der Waals surface area contributed by atoms with Gasteiger partial charge in [0.05, 0.1) is 5.02 Å². The Balaban J connectivity index is 1.47. The van der Waals surface area contributed by atoms with Crippen molar-refractivity contribution in [1.82, 2.24) is 9.97 Å². The largest absolute Gasteiger partial charge is 0.340 e. The molecule has 0 spiro atoms. The molecular formula is C24H22ClN5O2S. The molecule has 0 fully saturated rings. The highest BCUT2D eigenvalue weighted by atomic mass is 35.5. The number of hydrogen-bond donors (Lipinski definition) is 3. The van der Waals surface area contributed by atoms with Gasteiger partial charge in [0.15, 0.2) is 0 Å². The van der Waals surface area contributed by atoms with Crippen molar-refractivity contribution in [3.05, 3.63) is 95.1 Å². The fraction of sp³-hybridized carbons (Fsp3) is 0.0833. The van der Waals surface area contributed by atoms with Crippen LogP contribution < -0.4 is 15.4 Å². The Labute approximate surface area is 197 Å². The van der Waals surface area contributed by atoms with E-state index in [2.05, 4.69) is 25.3 Å². The molecule has 0 aliphatic heterocycles. The van der Waals surface area contributed by atoms with Crippen LogP contribution in [0.5, 0.6) is 0 Å². The molecule has 9 heteroatoms. The number of hydrogen-bond acceptors (Lipinski definition) is 6. The van der Waals surface area contributed by atoms with Gasteiger partial charge in [-0.2, -0.15) is 4.98 Å². The summed E-state index contributed by atoms with van der Waals surface area (Å²) in [6.45, 7) is 3.92. The third-order valence-electron chi connectivity index (χ3n) is 4.70. The molecule has 0 atom stereocenters. The molecule has 7 nitrogen and oxygen atoms in total. The molecule has 1 aromatic heterocycles. The SMILES string of the molecule is Cc1ccc(Nc2cc(C)nc(Nc3ccc(NS(=O)(=O)c4ccccc4Cl)cc3)n2)cc1. The lowest BCUT2D eigenvalue weighted by Gasteiger charge is -2.12. The van der Waals surface area contributed by atoms with Crippen LogP contribution in [0.15, 0.2) is 83.8 Å². The molecule has 168 valence electrons. The van der Waals surface area contributed by atoms with Crippen molar-refractivity contribution in [2.24, 2.45) is 0 Å². The first-order chi connectivity index (χ1) is 15.8. The summed E-state index contributed by atoms with van der Waals surface area (Å²) in [5.41, 5.74) is 4.03. The second-order valence-electron chi connectivity index (χ2n) is 7.45. The summed E-state index contributed by atoms with van der Waals surface area (Å²) < 4.78 is 27.7. The lowest BCUT2D eigenvalue weighted by atomic mass is 10.2. The van der Waals surface area contributed by atoms with E-state index in [-0.39, 0.29) is 9.92 Å². The van der Waals surface area contributed by atoms with E-state index < -0.39 is 10.0 Å². The van der Waals surface area contributed by atoms with Crippen molar-refractivity contribution < 1.29 is 8.42 Å². The maximum absolute atomic E-state index is 12.6. The molecular weight excluding hydrogens is 458 g/mol.